The number of carbonyl (C=O) groups is 1. The zero-order valence-corrected chi connectivity index (χ0v) is 11.9. The number of hydrogen-bond acceptors (Lipinski definition) is 4. The third kappa shape index (κ3) is 2.63. The predicted molar refractivity (Wildman–Crippen MR) is 72.5 cm³/mol. The van der Waals surface area contributed by atoms with Gasteiger partial charge in [-0.3, -0.25) is 0 Å². The molecule has 3 heterocycles. The minimum Gasteiger partial charge on any atom is -0.465 e. The van der Waals surface area contributed by atoms with E-state index in [1.807, 2.05) is 0 Å². The lowest BCUT2D eigenvalue weighted by atomic mass is 10.0. The van der Waals surface area contributed by atoms with Crippen LogP contribution in [0.3, 0.4) is 0 Å². The van der Waals surface area contributed by atoms with Crippen LogP contribution in [0.2, 0.25) is 0 Å². The summed E-state index contributed by atoms with van der Waals surface area (Å²) in [5, 5.41) is 12.4. The van der Waals surface area contributed by atoms with E-state index in [4.69, 9.17) is 5.11 Å². The van der Waals surface area contributed by atoms with Crippen LogP contribution in [-0.2, 0) is 19.1 Å². The number of rotatable bonds is 1. The summed E-state index contributed by atoms with van der Waals surface area (Å²) in [5.41, 5.74) is -0.365. The Hall–Kier alpha value is -2.16. The highest BCUT2D eigenvalue weighted by atomic mass is 32.1. The molecule has 0 aliphatic carbocycles. The number of amides is 1. The van der Waals surface area contributed by atoms with Crippen molar-refractivity contribution in [1.82, 2.24) is 14.9 Å². The summed E-state index contributed by atoms with van der Waals surface area (Å²) >= 11 is 1.32. The molecule has 0 radical (unpaired) electrons. The minimum absolute atomic E-state index is 0.00652. The molecule has 2 aromatic heterocycles. The number of hydrogen-bond donors (Lipinski definition) is 1. The van der Waals surface area contributed by atoms with Crippen LogP contribution in [0.25, 0.3) is 11.4 Å². The van der Waals surface area contributed by atoms with Crippen LogP contribution < -0.4 is 0 Å². The fourth-order valence-electron chi connectivity index (χ4n) is 2.35. The zero-order chi connectivity index (χ0) is 15.9. The van der Waals surface area contributed by atoms with Crippen LogP contribution in [0.1, 0.15) is 17.0 Å². The van der Waals surface area contributed by atoms with Crippen molar-refractivity contribution in [1.29, 1.82) is 0 Å². The average Bonchev–Trinajstić information content (AvgIpc) is 2.98. The van der Waals surface area contributed by atoms with Crippen LogP contribution in [0.4, 0.5) is 18.0 Å². The van der Waals surface area contributed by atoms with Crippen LogP contribution in [0.5, 0.6) is 0 Å². The van der Waals surface area contributed by atoms with Gasteiger partial charge in [0.15, 0.2) is 11.5 Å². The molecule has 1 amide bonds. The van der Waals surface area contributed by atoms with E-state index in [9.17, 15) is 18.0 Å². The van der Waals surface area contributed by atoms with E-state index < -0.39 is 18.0 Å². The smallest absolute Gasteiger partial charge is 0.433 e. The van der Waals surface area contributed by atoms with Crippen LogP contribution in [-0.4, -0.2) is 32.6 Å². The van der Waals surface area contributed by atoms with Crippen molar-refractivity contribution < 1.29 is 23.1 Å². The van der Waals surface area contributed by atoms with E-state index in [1.165, 1.54) is 11.3 Å². The number of halogens is 3. The Bertz CT molecular complexity index is 716. The first-order chi connectivity index (χ1) is 10.4. The minimum atomic E-state index is -4.59. The molecule has 0 atom stereocenters. The van der Waals surface area contributed by atoms with Crippen molar-refractivity contribution in [3.05, 3.63) is 33.8 Å². The summed E-state index contributed by atoms with van der Waals surface area (Å²) in [4.78, 5) is 19.9. The van der Waals surface area contributed by atoms with Crippen molar-refractivity contribution >= 4 is 17.4 Å². The Morgan fingerprint density at radius 3 is 2.73 bits per heavy atom. The third-order valence-corrected chi connectivity index (χ3v) is 4.07. The molecule has 0 aromatic carbocycles. The zero-order valence-electron chi connectivity index (χ0n) is 11.1. The maximum absolute atomic E-state index is 13.2. The second kappa shape index (κ2) is 5.24. The molecule has 3 rings (SSSR count). The monoisotopic (exact) mass is 329 g/mol. The van der Waals surface area contributed by atoms with E-state index >= 15 is 0 Å². The van der Waals surface area contributed by atoms with Gasteiger partial charge in [0.2, 0.25) is 0 Å². The summed E-state index contributed by atoms with van der Waals surface area (Å²) in [6.07, 6.45) is -5.81. The molecular weight excluding hydrogens is 319 g/mol. The summed E-state index contributed by atoms with van der Waals surface area (Å²) in [6.45, 7) is -0.153. The fraction of sp³-hybridized carbons (Fsp3) is 0.308. The third-order valence-electron chi connectivity index (χ3n) is 3.38. The average molecular weight is 329 g/mol. The summed E-state index contributed by atoms with van der Waals surface area (Å²) in [7, 11) is 0. The summed E-state index contributed by atoms with van der Waals surface area (Å²) in [5.74, 6) is -0.0282. The molecular formula is C13H10F3N3O2S. The lowest BCUT2D eigenvalue weighted by molar-refractivity contribution is -0.142. The van der Waals surface area contributed by atoms with E-state index in [0.717, 1.165) is 4.90 Å². The topological polar surface area (TPSA) is 66.3 Å². The lowest BCUT2D eigenvalue weighted by Crippen LogP contribution is -2.36. The molecule has 0 saturated heterocycles. The van der Waals surface area contributed by atoms with Crippen molar-refractivity contribution in [2.75, 3.05) is 6.54 Å². The number of alkyl halides is 3. The Balaban J connectivity index is 2.14. The highest BCUT2D eigenvalue weighted by Crippen LogP contribution is 2.35. The van der Waals surface area contributed by atoms with Gasteiger partial charge in [0.1, 0.15) is 0 Å². The van der Waals surface area contributed by atoms with Crippen molar-refractivity contribution in [3.8, 4) is 11.4 Å². The first-order valence-electron chi connectivity index (χ1n) is 6.33. The first kappa shape index (κ1) is 14.8. The molecule has 1 aliphatic heterocycles. The normalized spacial score (nSPS) is 14.8. The summed E-state index contributed by atoms with van der Waals surface area (Å²) < 4.78 is 39.7. The van der Waals surface area contributed by atoms with E-state index in [2.05, 4.69) is 9.97 Å². The van der Waals surface area contributed by atoms with E-state index in [0.29, 0.717) is 5.56 Å². The van der Waals surface area contributed by atoms with E-state index in [1.54, 1.807) is 16.8 Å². The van der Waals surface area contributed by atoms with Gasteiger partial charge in [0.05, 0.1) is 12.2 Å². The van der Waals surface area contributed by atoms with Crippen LogP contribution in [0, 0.1) is 0 Å². The van der Waals surface area contributed by atoms with Gasteiger partial charge in [-0.25, -0.2) is 14.8 Å². The largest absolute Gasteiger partial charge is 0.465 e. The SMILES string of the molecule is O=C(O)N1CCc2c(nc(-c3ccsc3)nc2C(F)(F)F)C1. The van der Waals surface area contributed by atoms with Crippen molar-refractivity contribution in [2.45, 2.75) is 19.1 Å². The molecule has 0 bridgehead atoms. The van der Waals surface area contributed by atoms with Gasteiger partial charge in [-0.1, -0.05) is 0 Å². The number of nitrogens with zero attached hydrogens (tertiary/aromatic N) is 3. The first-order valence-corrected chi connectivity index (χ1v) is 7.28. The van der Waals surface area contributed by atoms with Crippen LogP contribution in [0.15, 0.2) is 16.8 Å². The lowest BCUT2D eigenvalue weighted by Gasteiger charge is -2.27. The second-order valence-corrected chi connectivity index (χ2v) is 5.57. The maximum atomic E-state index is 13.2. The van der Waals surface area contributed by atoms with Gasteiger partial charge >= 0.3 is 12.3 Å². The molecule has 0 unspecified atom stereocenters. The van der Waals surface area contributed by atoms with Crippen molar-refractivity contribution in [3.63, 3.8) is 0 Å². The fourth-order valence-corrected chi connectivity index (χ4v) is 2.98. The highest BCUT2D eigenvalue weighted by molar-refractivity contribution is 7.08. The maximum Gasteiger partial charge on any atom is 0.433 e. The molecule has 116 valence electrons. The number of aromatic nitrogens is 2. The number of carboxylic acid groups (broad SMARTS) is 1. The summed E-state index contributed by atoms with van der Waals surface area (Å²) in [6, 6.07) is 1.63. The van der Waals surface area contributed by atoms with Crippen LogP contribution >= 0.6 is 11.3 Å². The second-order valence-electron chi connectivity index (χ2n) is 4.78. The Morgan fingerprint density at radius 1 is 1.36 bits per heavy atom. The van der Waals surface area contributed by atoms with Gasteiger partial charge in [-0.05, 0) is 17.9 Å². The molecule has 1 aliphatic rings. The molecule has 0 saturated carbocycles. The molecule has 22 heavy (non-hydrogen) atoms. The standard InChI is InChI=1S/C13H10F3N3O2S/c14-13(15,16)10-8-1-3-19(12(20)21)5-9(8)17-11(18-10)7-2-4-22-6-7/h2,4,6H,1,3,5H2,(H,20,21). The number of fused-ring (bicyclic) bond motifs is 1. The van der Waals surface area contributed by atoms with Gasteiger partial charge in [0.25, 0.3) is 0 Å². The molecule has 2 aromatic rings. The van der Waals surface area contributed by atoms with Gasteiger partial charge in [-0.15, -0.1) is 0 Å². The van der Waals surface area contributed by atoms with Gasteiger partial charge in [0, 0.05) is 23.1 Å². The molecule has 0 spiro atoms. The quantitative estimate of drug-likeness (QED) is 0.872. The molecule has 0 fully saturated rings. The molecule has 9 heteroatoms. The van der Waals surface area contributed by atoms with Gasteiger partial charge in [-0.2, -0.15) is 24.5 Å². The Kier molecular flexibility index (Phi) is 3.51. The number of thiophene rings is 1. The van der Waals surface area contributed by atoms with Gasteiger partial charge < -0.3 is 10.0 Å². The molecule has 1 N–H and O–H groups in total. The Morgan fingerprint density at radius 2 is 2.14 bits per heavy atom. The predicted octanol–water partition coefficient (Wildman–Crippen LogP) is 3.26. The Labute approximate surface area is 127 Å². The van der Waals surface area contributed by atoms with Crippen molar-refractivity contribution in [2.24, 2.45) is 0 Å². The van der Waals surface area contributed by atoms with E-state index in [-0.39, 0.29) is 36.6 Å². The molecule has 5 nitrogen and oxygen atoms in total. The highest BCUT2D eigenvalue weighted by Gasteiger charge is 2.39.